The highest BCUT2D eigenvalue weighted by atomic mass is 16.3. The number of nitrogens with zero attached hydrogens (tertiary/aromatic N) is 1. The van der Waals surface area contributed by atoms with Gasteiger partial charge in [-0.2, -0.15) is 0 Å². The lowest BCUT2D eigenvalue weighted by Gasteiger charge is -2.48. The summed E-state index contributed by atoms with van der Waals surface area (Å²) in [6.45, 7) is 12.0. The Bertz CT molecular complexity index is 313. The zero-order chi connectivity index (χ0) is 14.9. The van der Waals surface area contributed by atoms with Crippen molar-refractivity contribution in [2.24, 2.45) is 28.9 Å². The number of hydrogen-bond acceptors (Lipinski definition) is 3. The van der Waals surface area contributed by atoms with Crippen LogP contribution in [0.2, 0.25) is 0 Å². The van der Waals surface area contributed by atoms with Crippen molar-refractivity contribution in [2.75, 3.05) is 19.6 Å². The van der Waals surface area contributed by atoms with Crippen LogP contribution in [0.3, 0.4) is 0 Å². The minimum atomic E-state index is -0.155. The molecule has 3 N–H and O–H groups in total. The third-order valence-electron chi connectivity index (χ3n) is 5.90. The van der Waals surface area contributed by atoms with Crippen LogP contribution in [0.1, 0.15) is 53.4 Å². The molecule has 1 aliphatic heterocycles. The zero-order valence-corrected chi connectivity index (χ0v) is 13.8. The molecule has 5 atom stereocenters. The molecule has 3 heteroatoms. The maximum Gasteiger partial charge on any atom is 0.0693 e. The molecule has 1 saturated heterocycles. The van der Waals surface area contributed by atoms with Gasteiger partial charge >= 0.3 is 0 Å². The highest BCUT2D eigenvalue weighted by molar-refractivity contribution is 4.93. The van der Waals surface area contributed by atoms with Crippen LogP contribution in [-0.4, -0.2) is 41.8 Å². The summed E-state index contributed by atoms with van der Waals surface area (Å²) in [5.74, 6) is 1.85. The molecule has 0 spiro atoms. The minimum absolute atomic E-state index is 0.155. The Morgan fingerprint density at radius 2 is 1.90 bits per heavy atom. The second-order valence-corrected chi connectivity index (χ2v) is 8.27. The number of piperidine rings is 1. The van der Waals surface area contributed by atoms with Crippen molar-refractivity contribution in [3.8, 4) is 0 Å². The monoisotopic (exact) mass is 282 g/mol. The molecule has 0 amide bonds. The smallest absolute Gasteiger partial charge is 0.0693 e. The van der Waals surface area contributed by atoms with E-state index in [1.165, 1.54) is 19.3 Å². The van der Waals surface area contributed by atoms with E-state index in [1.54, 1.807) is 0 Å². The fourth-order valence-electron chi connectivity index (χ4n) is 4.09. The number of hydrogen-bond donors (Lipinski definition) is 2. The maximum atomic E-state index is 10.2. The van der Waals surface area contributed by atoms with E-state index in [0.717, 1.165) is 32.0 Å². The average Bonchev–Trinajstić information content (AvgIpc) is 2.40. The molecule has 1 saturated carbocycles. The predicted molar refractivity (Wildman–Crippen MR) is 84.5 cm³/mol. The summed E-state index contributed by atoms with van der Waals surface area (Å²) >= 11 is 0. The van der Waals surface area contributed by atoms with Crippen molar-refractivity contribution in [3.05, 3.63) is 0 Å². The Labute approximate surface area is 124 Å². The van der Waals surface area contributed by atoms with Crippen LogP contribution in [0.15, 0.2) is 0 Å². The van der Waals surface area contributed by atoms with Gasteiger partial charge in [0.15, 0.2) is 0 Å². The lowest BCUT2D eigenvalue weighted by molar-refractivity contribution is -0.0271. The van der Waals surface area contributed by atoms with Crippen molar-refractivity contribution in [1.82, 2.24) is 4.90 Å². The van der Waals surface area contributed by atoms with Crippen LogP contribution in [0.4, 0.5) is 0 Å². The summed E-state index contributed by atoms with van der Waals surface area (Å²) in [4.78, 5) is 2.54. The van der Waals surface area contributed by atoms with Gasteiger partial charge in [-0.25, -0.2) is 0 Å². The first-order valence-electron chi connectivity index (χ1n) is 8.45. The molecule has 118 valence electrons. The van der Waals surface area contributed by atoms with E-state index in [4.69, 9.17) is 5.73 Å². The zero-order valence-electron chi connectivity index (χ0n) is 13.8. The normalized spacial score (nSPS) is 40.8. The SMILES string of the molecule is CC1CCN(C2CC(C(C)(C)C)CCC2CN)CC1O. The second kappa shape index (κ2) is 6.33. The molecule has 1 aliphatic carbocycles. The second-order valence-electron chi connectivity index (χ2n) is 8.27. The summed E-state index contributed by atoms with van der Waals surface area (Å²) in [6.07, 6.45) is 4.79. The molecule has 0 aromatic heterocycles. The Kier molecular flexibility index (Phi) is 5.14. The lowest BCUT2D eigenvalue weighted by atomic mass is 9.67. The molecule has 20 heavy (non-hydrogen) atoms. The predicted octanol–water partition coefficient (Wildman–Crippen LogP) is 2.48. The van der Waals surface area contributed by atoms with E-state index in [1.807, 2.05) is 0 Å². The summed E-state index contributed by atoms with van der Waals surface area (Å²) in [5, 5.41) is 10.2. The highest BCUT2D eigenvalue weighted by Gasteiger charge is 2.39. The van der Waals surface area contributed by atoms with Crippen molar-refractivity contribution < 1.29 is 5.11 Å². The molecule has 3 nitrogen and oxygen atoms in total. The summed E-state index contributed by atoms with van der Waals surface area (Å²) in [7, 11) is 0. The van der Waals surface area contributed by atoms with Gasteiger partial charge in [-0.15, -0.1) is 0 Å². The van der Waals surface area contributed by atoms with Gasteiger partial charge in [0.05, 0.1) is 6.10 Å². The molecule has 0 bridgehead atoms. The van der Waals surface area contributed by atoms with Crippen molar-refractivity contribution in [2.45, 2.75) is 65.5 Å². The van der Waals surface area contributed by atoms with Crippen LogP contribution in [-0.2, 0) is 0 Å². The molecule has 0 aromatic rings. The van der Waals surface area contributed by atoms with Gasteiger partial charge in [-0.05, 0) is 61.9 Å². The van der Waals surface area contributed by atoms with Crippen LogP contribution in [0, 0.1) is 23.2 Å². The van der Waals surface area contributed by atoms with E-state index < -0.39 is 0 Å². The first kappa shape index (κ1) is 16.3. The number of rotatable bonds is 2. The average molecular weight is 282 g/mol. The standard InChI is InChI=1S/C17H34N2O/c1-12-7-8-19(11-16(12)20)15-9-14(17(2,3)4)6-5-13(15)10-18/h12-16,20H,5-11,18H2,1-4H3. The summed E-state index contributed by atoms with van der Waals surface area (Å²) < 4.78 is 0. The summed E-state index contributed by atoms with van der Waals surface area (Å²) in [6, 6.07) is 0.583. The fraction of sp³-hybridized carbons (Fsp3) is 1.00. The number of β-amino-alcohol motifs (C(OH)–C–C–N with tert-alkyl or cyclic N) is 1. The molecule has 1 heterocycles. The van der Waals surface area contributed by atoms with E-state index in [-0.39, 0.29) is 6.10 Å². The fourth-order valence-corrected chi connectivity index (χ4v) is 4.09. The topological polar surface area (TPSA) is 49.5 Å². The molecule has 5 unspecified atom stereocenters. The minimum Gasteiger partial charge on any atom is -0.392 e. The van der Waals surface area contributed by atoms with Gasteiger partial charge < -0.3 is 10.8 Å². The lowest BCUT2D eigenvalue weighted by Crippen LogP contribution is -2.54. The number of nitrogens with two attached hydrogens (primary N) is 1. The van der Waals surface area contributed by atoms with E-state index in [0.29, 0.717) is 23.3 Å². The molecular weight excluding hydrogens is 248 g/mol. The van der Waals surface area contributed by atoms with Gasteiger partial charge in [-0.1, -0.05) is 27.7 Å². The van der Waals surface area contributed by atoms with Gasteiger partial charge in [0.2, 0.25) is 0 Å². The quantitative estimate of drug-likeness (QED) is 0.818. The number of likely N-dealkylation sites (tertiary alicyclic amines) is 1. The molecular formula is C17H34N2O. The molecule has 2 fully saturated rings. The molecule has 0 radical (unpaired) electrons. The van der Waals surface area contributed by atoms with Crippen molar-refractivity contribution in [3.63, 3.8) is 0 Å². The number of aliphatic hydroxyl groups is 1. The van der Waals surface area contributed by atoms with E-state index in [2.05, 4.69) is 32.6 Å². The number of aliphatic hydroxyl groups excluding tert-OH is 1. The molecule has 2 aliphatic rings. The Hall–Kier alpha value is -0.120. The largest absolute Gasteiger partial charge is 0.392 e. The summed E-state index contributed by atoms with van der Waals surface area (Å²) in [5.41, 5.74) is 6.42. The van der Waals surface area contributed by atoms with Crippen LogP contribution >= 0.6 is 0 Å². The van der Waals surface area contributed by atoms with Gasteiger partial charge in [0, 0.05) is 12.6 Å². The van der Waals surface area contributed by atoms with Gasteiger partial charge in [-0.3, -0.25) is 4.90 Å². The van der Waals surface area contributed by atoms with Crippen molar-refractivity contribution >= 4 is 0 Å². The van der Waals surface area contributed by atoms with Gasteiger partial charge in [0.1, 0.15) is 0 Å². The molecule has 2 rings (SSSR count). The first-order chi connectivity index (χ1) is 9.32. The Balaban J connectivity index is 2.05. The maximum absolute atomic E-state index is 10.2. The van der Waals surface area contributed by atoms with E-state index in [9.17, 15) is 5.11 Å². The highest BCUT2D eigenvalue weighted by Crippen LogP contribution is 2.42. The third kappa shape index (κ3) is 3.55. The van der Waals surface area contributed by atoms with Gasteiger partial charge in [0.25, 0.3) is 0 Å². The first-order valence-corrected chi connectivity index (χ1v) is 8.45. The third-order valence-corrected chi connectivity index (χ3v) is 5.90. The van der Waals surface area contributed by atoms with Crippen molar-refractivity contribution in [1.29, 1.82) is 0 Å². The Morgan fingerprint density at radius 1 is 1.20 bits per heavy atom. The van der Waals surface area contributed by atoms with Crippen LogP contribution in [0.25, 0.3) is 0 Å². The van der Waals surface area contributed by atoms with Crippen LogP contribution < -0.4 is 5.73 Å². The molecule has 0 aromatic carbocycles. The van der Waals surface area contributed by atoms with E-state index >= 15 is 0 Å². The van der Waals surface area contributed by atoms with Crippen LogP contribution in [0.5, 0.6) is 0 Å². The Morgan fingerprint density at radius 3 is 2.45 bits per heavy atom.